The number of esters is 1. The second-order valence-electron chi connectivity index (χ2n) is 5.50. The maximum absolute atomic E-state index is 12.1. The molecule has 0 aliphatic rings. The van der Waals surface area contributed by atoms with Gasteiger partial charge in [-0.25, -0.2) is 4.79 Å². The van der Waals surface area contributed by atoms with Gasteiger partial charge in [0.2, 0.25) is 5.91 Å². The average molecular weight is 343 g/mol. The van der Waals surface area contributed by atoms with E-state index >= 15 is 0 Å². The number of ether oxygens (including phenoxy) is 1. The van der Waals surface area contributed by atoms with Gasteiger partial charge in [0.1, 0.15) is 0 Å². The van der Waals surface area contributed by atoms with E-state index < -0.39 is 5.97 Å². The molecule has 24 heavy (non-hydrogen) atoms. The highest BCUT2D eigenvalue weighted by Gasteiger charge is 2.13. The van der Waals surface area contributed by atoms with Crippen molar-refractivity contribution in [3.8, 4) is 0 Å². The van der Waals surface area contributed by atoms with Crippen LogP contribution in [0.5, 0.6) is 0 Å². The molecule has 0 saturated carbocycles. The summed E-state index contributed by atoms with van der Waals surface area (Å²) in [5, 5.41) is 2.86. The van der Waals surface area contributed by atoms with Crippen molar-refractivity contribution < 1.29 is 14.3 Å². The first-order chi connectivity index (χ1) is 11.5. The molecule has 126 valence electrons. The monoisotopic (exact) mass is 343 g/mol. The van der Waals surface area contributed by atoms with Crippen LogP contribution < -0.4 is 5.32 Å². The number of rotatable bonds is 6. The zero-order valence-electron chi connectivity index (χ0n) is 14.1. The van der Waals surface area contributed by atoms with Crippen LogP contribution in [0.3, 0.4) is 0 Å². The lowest BCUT2D eigenvalue weighted by Gasteiger charge is -2.11. The molecule has 0 fully saturated rings. The van der Waals surface area contributed by atoms with E-state index in [0.717, 1.165) is 5.75 Å². The Morgan fingerprint density at radius 3 is 2.58 bits per heavy atom. The van der Waals surface area contributed by atoms with E-state index in [1.807, 2.05) is 6.07 Å². The van der Waals surface area contributed by atoms with Crippen molar-refractivity contribution in [1.29, 1.82) is 0 Å². The van der Waals surface area contributed by atoms with Gasteiger partial charge < -0.3 is 10.1 Å². The van der Waals surface area contributed by atoms with Crippen LogP contribution in [0.15, 0.2) is 42.5 Å². The SMILES string of the molecule is COC(=O)c1cccc(NC(=O)CSCc2cccc(C)c2)c1C. The number of hydrogen-bond donors (Lipinski definition) is 1. The number of hydrogen-bond acceptors (Lipinski definition) is 4. The van der Waals surface area contributed by atoms with Crippen molar-refractivity contribution in [3.63, 3.8) is 0 Å². The minimum Gasteiger partial charge on any atom is -0.465 e. The number of nitrogens with one attached hydrogen (secondary N) is 1. The lowest BCUT2D eigenvalue weighted by atomic mass is 10.1. The molecular formula is C19H21NO3S. The van der Waals surface area contributed by atoms with Gasteiger partial charge in [0.15, 0.2) is 0 Å². The van der Waals surface area contributed by atoms with E-state index in [1.54, 1.807) is 36.9 Å². The Balaban J connectivity index is 1.92. The summed E-state index contributed by atoms with van der Waals surface area (Å²) in [5.74, 6) is 0.654. The number of amides is 1. The highest BCUT2D eigenvalue weighted by Crippen LogP contribution is 2.20. The predicted molar refractivity (Wildman–Crippen MR) is 98.5 cm³/mol. The van der Waals surface area contributed by atoms with Crippen molar-refractivity contribution in [1.82, 2.24) is 0 Å². The Hall–Kier alpha value is -2.27. The maximum Gasteiger partial charge on any atom is 0.338 e. The summed E-state index contributed by atoms with van der Waals surface area (Å²) < 4.78 is 4.74. The third kappa shape index (κ3) is 4.86. The molecule has 2 aromatic carbocycles. The van der Waals surface area contributed by atoms with Crippen LogP contribution in [0.4, 0.5) is 5.69 Å². The minimum atomic E-state index is -0.405. The largest absolute Gasteiger partial charge is 0.465 e. The first-order valence-electron chi connectivity index (χ1n) is 7.62. The Morgan fingerprint density at radius 2 is 1.88 bits per heavy atom. The normalized spacial score (nSPS) is 10.3. The molecule has 0 aliphatic carbocycles. The summed E-state index contributed by atoms with van der Waals surface area (Å²) in [4.78, 5) is 23.8. The Morgan fingerprint density at radius 1 is 1.12 bits per heavy atom. The number of aryl methyl sites for hydroxylation is 1. The van der Waals surface area contributed by atoms with Crippen LogP contribution in [0.1, 0.15) is 27.0 Å². The Bertz CT molecular complexity index is 743. The molecule has 0 aromatic heterocycles. The van der Waals surface area contributed by atoms with Gasteiger partial charge in [-0.15, -0.1) is 11.8 Å². The molecule has 5 heteroatoms. The van der Waals surface area contributed by atoms with Crippen molar-refractivity contribution in [2.75, 3.05) is 18.2 Å². The van der Waals surface area contributed by atoms with Crippen LogP contribution in [-0.4, -0.2) is 24.7 Å². The van der Waals surface area contributed by atoms with Gasteiger partial charge >= 0.3 is 5.97 Å². The quantitative estimate of drug-likeness (QED) is 0.807. The maximum atomic E-state index is 12.1. The molecule has 0 bridgehead atoms. The Labute approximate surface area is 146 Å². The molecule has 0 unspecified atom stereocenters. The van der Waals surface area contributed by atoms with Crippen molar-refractivity contribution in [3.05, 3.63) is 64.7 Å². The number of thioether (sulfide) groups is 1. The molecule has 2 rings (SSSR count). The fraction of sp³-hybridized carbons (Fsp3) is 0.263. The average Bonchev–Trinajstić information content (AvgIpc) is 2.56. The summed E-state index contributed by atoms with van der Waals surface area (Å²) in [5.41, 5.74) is 4.23. The molecule has 0 spiro atoms. The van der Waals surface area contributed by atoms with Crippen LogP contribution in [0.25, 0.3) is 0 Å². The van der Waals surface area contributed by atoms with Gasteiger partial charge in [-0.1, -0.05) is 35.9 Å². The van der Waals surface area contributed by atoms with E-state index in [-0.39, 0.29) is 5.91 Å². The van der Waals surface area contributed by atoms with Gasteiger partial charge in [-0.2, -0.15) is 0 Å². The topological polar surface area (TPSA) is 55.4 Å². The number of benzene rings is 2. The molecule has 0 aliphatic heterocycles. The van der Waals surface area contributed by atoms with Crippen LogP contribution in [0.2, 0.25) is 0 Å². The van der Waals surface area contributed by atoms with Crippen molar-refractivity contribution >= 4 is 29.3 Å². The molecule has 0 saturated heterocycles. The van der Waals surface area contributed by atoms with Crippen molar-refractivity contribution in [2.24, 2.45) is 0 Å². The summed E-state index contributed by atoms with van der Waals surface area (Å²) >= 11 is 1.56. The lowest BCUT2D eigenvalue weighted by Crippen LogP contribution is -2.16. The minimum absolute atomic E-state index is 0.0854. The zero-order chi connectivity index (χ0) is 17.5. The molecule has 0 radical (unpaired) electrons. The van der Waals surface area contributed by atoms with Gasteiger partial charge in [-0.05, 0) is 37.1 Å². The van der Waals surface area contributed by atoms with E-state index in [0.29, 0.717) is 22.6 Å². The summed E-state index contributed by atoms with van der Waals surface area (Å²) in [6.07, 6.45) is 0. The van der Waals surface area contributed by atoms with Gasteiger partial charge in [0.25, 0.3) is 0 Å². The third-order valence-electron chi connectivity index (χ3n) is 3.60. The van der Waals surface area contributed by atoms with E-state index in [2.05, 4.69) is 30.4 Å². The summed E-state index contributed by atoms with van der Waals surface area (Å²) in [6, 6.07) is 13.4. The van der Waals surface area contributed by atoms with E-state index in [4.69, 9.17) is 4.74 Å². The van der Waals surface area contributed by atoms with E-state index in [1.165, 1.54) is 18.2 Å². The van der Waals surface area contributed by atoms with Crippen LogP contribution in [-0.2, 0) is 15.3 Å². The fourth-order valence-electron chi connectivity index (χ4n) is 2.35. The lowest BCUT2D eigenvalue weighted by molar-refractivity contribution is -0.113. The molecule has 0 heterocycles. The van der Waals surface area contributed by atoms with Crippen molar-refractivity contribution in [2.45, 2.75) is 19.6 Å². The third-order valence-corrected chi connectivity index (χ3v) is 4.60. The summed E-state index contributed by atoms with van der Waals surface area (Å²) in [7, 11) is 1.34. The predicted octanol–water partition coefficient (Wildman–Crippen LogP) is 3.96. The van der Waals surface area contributed by atoms with Gasteiger partial charge in [-0.3, -0.25) is 4.79 Å². The second kappa shape index (κ2) is 8.55. The number of carbonyl (C=O) groups is 2. The molecule has 1 N–H and O–H groups in total. The highest BCUT2D eigenvalue weighted by molar-refractivity contribution is 7.99. The highest BCUT2D eigenvalue weighted by atomic mass is 32.2. The number of anilines is 1. The fourth-order valence-corrected chi connectivity index (χ4v) is 3.13. The van der Waals surface area contributed by atoms with E-state index in [9.17, 15) is 9.59 Å². The summed E-state index contributed by atoms with van der Waals surface area (Å²) in [6.45, 7) is 3.85. The molecule has 4 nitrogen and oxygen atoms in total. The molecule has 1 amide bonds. The van der Waals surface area contributed by atoms with Crippen LogP contribution >= 0.6 is 11.8 Å². The zero-order valence-corrected chi connectivity index (χ0v) is 14.9. The number of carbonyl (C=O) groups excluding carboxylic acids is 2. The Kier molecular flexibility index (Phi) is 6.44. The first kappa shape index (κ1) is 18.1. The second-order valence-corrected chi connectivity index (χ2v) is 6.49. The molecule has 2 aromatic rings. The van der Waals surface area contributed by atoms with Gasteiger partial charge in [0, 0.05) is 11.4 Å². The first-order valence-corrected chi connectivity index (χ1v) is 8.78. The van der Waals surface area contributed by atoms with Crippen LogP contribution in [0, 0.1) is 13.8 Å². The molecule has 0 atom stereocenters. The van der Waals surface area contributed by atoms with Gasteiger partial charge in [0.05, 0.1) is 18.4 Å². The number of methoxy groups -OCH3 is 1. The smallest absolute Gasteiger partial charge is 0.338 e. The molecular weight excluding hydrogens is 322 g/mol. The standard InChI is InChI=1S/C19H21NO3S/c1-13-6-4-7-15(10-13)11-24-12-18(21)20-17-9-5-8-16(14(17)2)19(22)23-3/h4-10H,11-12H2,1-3H3,(H,20,21).